The number of amides is 1. The molecule has 0 aliphatic carbocycles. The highest BCUT2D eigenvalue weighted by Gasteiger charge is 2.34. The molecule has 0 bridgehead atoms. The maximum atomic E-state index is 12.1. The van der Waals surface area contributed by atoms with Gasteiger partial charge in [0.15, 0.2) is 0 Å². The van der Waals surface area contributed by atoms with Gasteiger partial charge in [0, 0.05) is 19.1 Å². The lowest BCUT2D eigenvalue weighted by Gasteiger charge is -2.42. The van der Waals surface area contributed by atoms with Gasteiger partial charge in [-0.3, -0.25) is 4.79 Å². The number of likely N-dealkylation sites (tertiary alicyclic amines) is 1. The number of thioether (sulfide) groups is 1. The summed E-state index contributed by atoms with van der Waals surface area (Å²) in [5, 5.41) is 0. The van der Waals surface area contributed by atoms with Crippen LogP contribution in [0.1, 0.15) is 40.5 Å². The molecule has 1 rings (SSSR count). The quantitative estimate of drug-likeness (QED) is 0.794. The lowest BCUT2D eigenvalue weighted by Crippen LogP contribution is -2.54. The maximum absolute atomic E-state index is 12.1. The molecule has 0 spiro atoms. The van der Waals surface area contributed by atoms with E-state index in [1.54, 1.807) is 11.8 Å². The molecule has 1 heterocycles. The molecule has 3 nitrogen and oxygen atoms in total. The van der Waals surface area contributed by atoms with Gasteiger partial charge in [-0.05, 0) is 29.9 Å². The summed E-state index contributed by atoms with van der Waals surface area (Å²) in [5.41, 5.74) is 6.14. The van der Waals surface area contributed by atoms with E-state index in [0.29, 0.717) is 5.75 Å². The highest BCUT2D eigenvalue weighted by molar-refractivity contribution is 7.99. The van der Waals surface area contributed by atoms with Gasteiger partial charge in [0.2, 0.25) is 5.91 Å². The molecule has 0 aromatic heterocycles. The van der Waals surface area contributed by atoms with Crippen molar-refractivity contribution in [1.29, 1.82) is 0 Å². The van der Waals surface area contributed by atoms with Gasteiger partial charge in [0.05, 0.1) is 5.75 Å². The molecular weight excluding hydrogens is 280 g/mol. The Kier molecular flexibility index (Phi) is 8.41. The van der Waals surface area contributed by atoms with Crippen LogP contribution in [-0.4, -0.2) is 41.4 Å². The van der Waals surface area contributed by atoms with E-state index in [1.165, 1.54) is 6.42 Å². The van der Waals surface area contributed by atoms with E-state index in [1.807, 2.05) is 4.90 Å². The van der Waals surface area contributed by atoms with Crippen molar-refractivity contribution in [1.82, 2.24) is 4.90 Å². The monoisotopic (exact) mass is 308 g/mol. The molecule has 0 saturated carbocycles. The third-order valence-electron chi connectivity index (χ3n) is 3.73. The second-order valence-corrected chi connectivity index (χ2v) is 7.54. The number of carbonyl (C=O) groups is 1. The van der Waals surface area contributed by atoms with Crippen molar-refractivity contribution in [2.45, 2.75) is 46.6 Å². The molecule has 1 fully saturated rings. The number of hydrogen-bond acceptors (Lipinski definition) is 3. The molecule has 0 radical (unpaired) electrons. The molecule has 1 atom stereocenters. The first-order valence-electron chi connectivity index (χ1n) is 6.94. The van der Waals surface area contributed by atoms with Gasteiger partial charge in [0.1, 0.15) is 0 Å². The van der Waals surface area contributed by atoms with Crippen LogP contribution in [0.25, 0.3) is 0 Å². The molecule has 0 aromatic rings. The molecule has 19 heavy (non-hydrogen) atoms. The second kappa shape index (κ2) is 8.38. The lowest BCUT2D eigenvalue weighted by molar-refractivity contribution is -0.131. The highest BCUT2D eigenvalue weighted by Crippen LogP contribution is 2.28. The largest absolute Gasteiger partial charge is 0.341 e. The Balaban J connectivity index is 0.00000324. The summed E-state index contributed by atoms with van der Waals surface area (Å²) in [4.78, 5) is 14.1. The Labute approximate surface area is 128 Å². The first-order valence-corrected chi connectivity index (χ1v) is 8.09. The number of nitrogens with zero attached hydrogens (tertiary/aromatic N) is 1. The number of hydrogen-bond donors (Lipinski definition) is 1. The fraction of sp³-hybridized carbons (Fsp3) is 0.929. The van der Waals surface area contributed by atoms with Crippen LogP contribution >= 0.6 is 24.2 Å². The Bertz CT molecular complexity index is 285. The average molecular weight is 309 g/mol. The zero-order valence-corrected chi connectivity index (χ0v) is 14.3. The molecule has 1 saturated heterocycles. The molecule has 2 N–H and O–H groups in total. The third-order valence-corrected chi connectivity index (χ3v) is 4.71. The summed E-state index contributed by atoms with van der Waals surface area (Å²) in [6.07, 6.45) is 2.11. The van der Waals surface area contributed by atoms with Gasteiger partial charge in [-0.25, -0.2) is 0 Å². The summed E-state index contributed by atoms with van der Waals surface area (Å²) in [7, 11) is 0. The molecule has 1 amide bonds. The zero-order chi connectivity index (χ0) is 13.8. The van der Waals surface area contributed by atoms with E-state index in [4.69, 9.17) is 5.73 Å². The van der Waals surface area contributed by atoms with Gasteiger partial charge >= 0.3 is 0 Å². The van der Waals surface area contributed by atoms with Gasteiger partial charge in [-0.2, -0.15) is 11.8 Å². The molecule has 1 unspecified atom stereocenters. The van der Waals surface area contributed by atoms with Crippen molar-refractivity contribution in [3.63, 3.8) is 0 Å². The van der Waals surface area contributed by atoms with Crippen LogP contribution in [0.2, 0.25) is 0 Å². The summed E-state index contributed by atoms with van der Waals surface area (Å²) in [6, 6.07) is 0.218. The van der Waals surface area contributed by atoms with Crippen LogP contribution < -0.4 is 5.73 Å². The Morgan fingerprint density at radius 2 is 2.11 bits per heavy atom. The van der Waals surface area contributed by atoms with E-state index in [2.05, 4.69) is 27.7 Å². The van der Waals surface area contributed by atoms with Crippen LogP contribution in [-0.2, 0) is 4.79 Å². The summed E-state index contributed by atoms with van der Waals surface area (Å²) in [6.45, 7) is 10.4. The van der Waals surface area contributed by atoms with Crippen LogP contribution in [0.4, 0.5) is 0 Å². The van der Waals surface area contributed by atoms with Crippen LogP contribution in [0.15, 0.2) is 0 Å². The van der Waals surface area contributed by atoms with Crippen LogP contribution in [0.3, 0.4) is 0 Å². The molecule has 1 aliphatic rings. The highest BCUT2D eigenvalue weighted by atomic mass is 35.5. The summed E-state index contributed by atoms with van der Waals surface area (Å²) >= 11 is 1.76. The fourth-order valence-corrected chi connectivity index (χ4v) is 3.30. The summed E-state index contributed by atoms with van der Waals surface area (Å²) in [5.74, 6) is 2.71. The van der Waals surface area contributed by atoms with Gasteiger partial charge < -0.3 is 10.6 Å². The summed E-state index contributed by atoms with van der Waals surface area (Å²) < 4.78 is 0. The van der Waals surface area contributed by atoms with E-state index < -0.39 is 0 Å². The second-order valence-electron chi connectivity index (χ2n) is 6.43. The van der Waals surface area contributed by atoms with Gasteiger partial charge in [-0.15, -0.1) is 12.4 Å². The minimum absolute atomic E-state index is 0. The lowest BCUT2D eigenvalue weighted by atomic mass is 9.80. The van der Waals surface area contributed by atoms with Crippen molar-refractivity contribution in [3.05, 3.63) is 0 Å². The number of piperidine rings is 1. The molecular formula is C14H29ClN2OS. The molecule has 5 heteroatoms. The van der Waals surface area contributed by atoms with Crippen molar-refractivity contribution < 1.29 is 4.79 Å². The normalized spacial score (nSPS) is 22.2. The Hall–Kier alpha value is 0.0700. The number of rotatable bonds is 5. The van der Waals surface area contributed by atoms with Crippen molar-refractivity contribution >= 4 is 30.1 Å². The van der Waals surface area contributed by atoms with Crippen molar-refractivity contribution in [3.8, 4) is 0 Å². The average Bonchev–Trinajstić information content (AvgIpc) is 2.27. The first-order chi connectivity index (χ1) is 8.33. The van der Waals surface area contributed by atoms with E-state index in [0.717, 1.165) is 31.2 Å². The minimum Gasteiger partial charge on any atom is -0.341 e. The standard InChI is InChI=1S/C14H28N2OS.ClH/c1-11(2)6-8-18-9-13(17)16-7-5-12(15)14(3,4)10-16;/h11-12H,5-10,15H2,1-4H3;1H. The van der Waals surface area contributed by atoms with E-state index in [9.17, 15) is 4.79 Å². The molecule has 114 valence electrons. The smallest absolute Gasteiger partial charge is 0.232 e. The molecule has 0 aromatic carbocycles. The van der Waals surface area contributed by atoms with E-state index >= 15 is 0 Å². The number of halogens is 1. The third kappa shape index (κ3) is 6.37. The van der Waals surface area contributed by atoms with Crippen molar-refractivity contribution in [2.24, 2.45) is 17.1 Å². The SMILES string of the molecule is CC(C)CCSCC(=O)N1CCC(N)C(C)(C)C1.Cl. The Morgan fingerprint density at radius 3 is 2.63 bits per heavy atom. The predicted molar refractivity (Wildman–Crippen MR) is 87.0 cm³/mol. The van der Waals surface area contributed by atoms with E-state index in [-0.39, 0.29) is 29.8 Å². The topological polar surface area (TPSA) is 46.3 Å². The van der Waals surface area contributed by atoms with Gasteiger partial charge in [0.25, 0.3) is 0 Å². The number of carbonyl (C=O) groups excluding carboxylic acids is 1. The zero-order valence-electron chi connectivity index (χ0n) is 12.6. The Morgan fingerprint density at radius 1 is 1.47 bits per heavy atom. The van der Waals surface area contributed by atoms with Crippen LogP contribution in [0, 0.1) is 11.3 Å². The number of nitrogens with two attached hydrogens (primary N) is 1. The van der Waals surface area contributed by atoms with Crippen LogP contribution in [0.5, 0.6) is 0 Å². The first kappa shape index (κ1) is 19.1. The fourth-order valence-electron chi connectivity index (χ4n) is 2.16. The predicted octanol–water partition coefficient (Wildman–Crippen LogP) is 2.77. The van der Waals surface area contributed by atoms with Crippen molar-refractivity contribution in [2.75, 3.05) is 24.6 Å². The minimum atomic E-state index is 0. The molecule has 1 aliphatic heterocycles. The maximum Gasteiger partial charge on any atom is 0.232 e. The van der Waals surface area contributed by atoms with Gasteiger partial charge in [-0.1, -0.05) is 27.7 Å².